The van der Waals surface area contributed by atoms with E-state index in [1.165, 1.54) is 0 Å². The van der Waals surface area contributed by atoms with Crippen molar-refractivity contribution in [2.24, 2.45) is 0 Å². The molecule has 0 aromatic rings. The molecule has 0 saturated carbocycles. The summed E-state index contributed by atoms with van der Waals surface area (Å²) in [6, 6.07) is 0.385. The van der Waals surface area contributed by atoms with Gasteiger partial charge in [0.1, 0.15) is 18.2 Å². The number of piperidine rings is 1. The lowest BCUT2D eigenvalue weighted by atomic mass is 9.94. The van der Waals surface area contributed by atoms with Gasteiger partial charge in [0.15, 0.2) is 0 Å². The molecule has 17 heavy (non-hydrogen) atoms. The highest BCUT2D eigenvalue weighted by molar-refractivity contribution is 4.98. The summed E-state index contributed by atoms with van der Waals surface area (Å²) in [5.74, 6) is 0. The van der Waals surface area contributed by atoms with Gasteiger partial charge in [-0.25, -0.2) is 0 Å². The number of nitrogens with zero attached hydrogens (tertiary/aromatic N) is 2. The molecule has 94 valence electrons. The van der Waals surface area contributed by atoms with Crippen molar-refractivity contribution in [3.63, 3.8) is 0 Å². The van der Waals surface area contributed by atoms with Crippen molar-refractivity contribution in [1.29, 1.82) is 0 Å². The van der Waals surface area contributed by atoms with Gasteiger partial charge < -0.3 is 9.68 Å². The molecular weight excluding hydrogens is 222 g/mol. The fraction of sp³-hybridized carbons (Fsp3) is 0.600. The van der Waals surface area contributed by atoms with Gasteiger partial charge in [0.25, 0.3) is 0 Å². The molecule has 0 amide bonds. The summed E-state index contributed by atoms with van der Waals surface area (Å²) < 4.78 is 0. The number of rotatable bonds is 2. The van der Waals surface area contributed by atoms with Crippen molar-refractivity contribution in [3.8, 4) is 0 Å². The number of hydrogen-bond donors (Lipinski definition) is 3. The third kappa shape index (κ3) is 1.92. The van der Waals surface area contributed by atoms with Crippen molar-refractivity contribution < 1.29 is 9.68 Å². The highest BCUT2D eigenvalue weighted by Crippen LogP contribution is 2.27. The van der Waals surface area contributed by atoms with E-state index in [9.17, 15) is 0 Å². The highest BCUT2D eigenvalue weighted by atomic mass is 16.7. The van der Waals surface area contributed by atoms with E-state index in [0.717, 1.165) is 19.4 Å². The Morgan fingerprint density at radius 1 is 1.24 bits per heavy atom. The Morgan fingerprint density at radius 2 is 2.06 bits per heavy atom. The van der Waals surface area contributed by atoms with Gasteiger partial charge in [-0.05, 0) is 19.9 Å². The summed E-state index contributed by atoms with van der Waals surface area (Å²) in [6.45, 7) is 3.09. The van der Waals surface area contributed by atoms with E-state index in [2.05, 4.69) is 23.4 Å². The Balaban J connectivity index is 1.69. The molecule has 7 heteroatoms. The van der Waals surface area contributed by atoms with Crippen LogP contribution in [-0.4, -0.2) is 28.3 Å². The Labute approximate surface area is 99.9 Å². The molecule has 0 aromatic carbocycles. The first-order chi connectivity index (χ1) is 8.28. The normalized spacial score (nSPS) is 36.2. The quantitative estimate of drug-likeness (QED) is 0.622. The largest absolute Gasteiger partial charge is 0.395 e. The van der Waals surface area contributed by atoms with Gasteiger partial charge in [-0.15, -0.1) is 0 Å². The van der Waals surface area contributed by atoms with Crippen LogP contribution in [0, 0.1) is 0 Å². The first-order valence-electron chi connectivity index (χ1n) is 5.77. The van der Waals surface area contributed by atoms with E-state index >= 15 is 0 Å². The van der Waals surface area contributed by atoms with Crippen LogP contribution in [-0.2, 0) is 9.68 Å². The van der Waals surface area contributed by atoms with E-state index in [0.29, 0.717) is 6.04 Å². The molecule has 3 aliphatic rings. The molecule has 2 atom stereocenters. The molecule has 3 rings (SSSR count). The molecule has 0 aliphatic carbocycles. The van der Waals surface area contributed by atoms with E-state index in [4.69, 9.17) is 9.68 Å². The predicted molar refractivity (Wildman–Crippen MR) is 59.8 cm³/mol. The first-order valence-corrected chi connectivity index (χ1v) is 5.77. The van der Waals surface area contributed by atoms with Crippen LogP contribution in [0.3, 0.4) is 0 Å². The maximum Gasteiger partial charge on any atom is 0.131 e. The van der Waals surface area contributed by atoms with Crippen LogP contribution < -0.4 is 16.5 Å². The molecule has 2 unspecified atom stereocenters. The molecule has 1 saturated heterocycles. The SMILES string of the molecule is CC1(N2C=CON2)CC(N2C=CON2)CCN1. The standard InChI is InChI=1S/C10H17N5O2/c1-10(15-5-7-17-13-15)8-9(2-3-11-10)14-4-6-16-12-14/h4-7,9,11-13H,2-3,8H2,1H3. The lowest BCUT2D eigenvalue weighted by Gasteiger charge is -2.45. The van der Waals surface area contributed by atoms with E-state index in [1.807, 2.05) is 22.4 Å². The van der Waals surface area contributed by atoms with Crippen LogP contribution in [0.2, 0.25) is 0 Å². The number of nitrogens with one attached hydrogen (secondary N) is 3. The Morgan fingerprint density at radius 3 is 2.76 bits per heavy atom. The molecule has 0 bridgehead atoms. The van der Waals surface area contributed by atoms with Crippen molar-refractivity contribution in [2.75, 3.05) is 6.54 Å². The average molecular weight is 239 g/mol. The minimum Gasteiger partial charge on any atom is -0.395 e. The smallest absolute Gasteiger partial charge is 0.131 e. The lowest BCUT2D eigenvalue weighted by molar-refractivity contribution is -0.0772. The summed E-state index contributed by atoms with van der Waals surface area (Å²) in [4.78, 5) is 10.0. The average Bonchev–Trinajstić information content (AvgIpc) is 3.03. The zero-order valence-corrected chi connectivity index (χ0v) is 9.72. The molecule has 1 fully saturated rings. The molecule has 3 heterocycles. The van der Waals surface area contributed by atoms with Crippen LogP contribution in [0.25, 0.3) is 0 Å². The second-order valence-corrected chi connectivity index (χ2v) is 4.61. The highest BCUT2D eigenvalue weighted by Gasteiger charge is 2.39. The van der Waals surface area contributed by atoms with E-state index in [1.54, 1.807) is 12.5 Å². The Bertz CT molecular complexity index is 348. The summed E-state index contributed by atoms with van der Waals surface area (Å²) in [5.41, 5.74) is 5.54. The maximum atomic E-state index is 5.02. The molecular formula is C10H17N5O2. The summed E-state index contributed by atoms with van der Waals surface area (Å²) in [6.07, 6.45) is 9.09. The monoisotopic (exact) mass is 239 g/mol. The van der Waals surface area contributed by atoms with Crippen LogP contribution in [0.15, 0.2) is 24.9 Å². The summed E-state index contributed by atoms with van der Waals surface area (Å²) in [5, 5.41) is 7.45. The van der Waals surface area contributed by atoms with Gasteiger partial charge in [0.05, 0.1) is 18.4 Å². The molecule has 3 N–H and O–H groups in total. The van der Waals surface area contributed by atoms with Crippen molar-refractivity contribution >= 4 is 0 Å². The summed E-state index contributed by atoms with van der Waals surface area (Å²) in [7, 11) is 0. The second kappa shape index (κ2) is 4.10. The van der Waals surface area contributed by atoms with Crippen LogP contribution >= 0.6 is 0 Å². The minimum absolute atomic E-state index is 0.173. The van der Waals surface area contributed by atoms with E-state index in [-0.39, 0.29) is 5.66 Å². The fourth-order valence-electron chi connectivity index (χ4n) is 2.45. The minimum atomic E-state index is -0.173. The summed E-state index contributed by atoms with van der Waals surface area (Å²) >= 11 is 0. The lowest BCUT2D eigenvalue weighted by Crippen LogP contribution is -2.64. The topological polar surface area (TPSA) is 61.0 Å². The van der Waals surface area contributed by atoms with Crippen LogP contribution in [0.4, 0.5) is 0 Å². The van der Waals surface area contributed by atoms with Crippen LogP contribution in [0.5, 0.6) is 0 Å². The van der Waals surface area contributed by atoms with Crippen molar-refractivity contribution in [2.45, 2.75) is 31.5 Å². The van der Waals surface area contributed by atoms with Gasteiger partial charge >= 0.3 is 0 Å². The zero-order chi connectivity index (χ0) is 11.7. The molecule has 7 nitrogen and oxygen atoms in total. The number of hydrazine groups is 2. The zero-order valence-electron chi connectivity index (χ0n) is 9.72. The van der Waals surface area contributed by atoms with Gasteiger partial charge in [-0.2, -0.15) is 0 Å². The second-order valence-electron chi connectivity index (χ2n) is 4.61. The first kappa shape index (κ1) is 10.7. The molecule has 0 radical (unpaired) electrons. The van der Waals surface area contributed by atoms with Crippen LogP contribution in [0.1, 0.15) is 19.8 Å². The maximum absolute atomic E-state index is 5.02. The Kier molecular flexibility index (Phi) is 2.58. The molecule has 3 aliphatic heterocycles. The van der Waals surface area contributed by atoms with Gasteiger partial charge in [-0.1, -0.05) is 11.2 Å². The van der Waals surface area contributed by atoms with E-state index < -0.39 is 0 Å². The Hall–Kier alpha value is -1.44. The fourth-order valence-corrected chi connectivity index (χ4v) is 2.45. The molecule has 0 aromatic heterocycles. The third-order valence-corrected chi connectivity index (χ3v) is 3.42. The number of hydrogen-bond acceptors (Lipinski definition) is 7. The van der Waals surface area contributed by atoms with Gasteiger partial charge in [-0.3, -0.25) is 15.3 Å². The van der Waals surface area contributed by atoms with Crippen molar-refractivity contribution in [1.82, 2.24) is 26.5 Å². The predicted octanol–water partition coefficient (Wildman–Crippen LogP) is -0.0994. The molecule has 0 spiro atoms. The van der Waals surface area contributed by atoms with Gasteiger partial charge in [0, 0.05) is 6.42 Å². The third-order valence-electron chi connectivity index (χ3n) is 3.42. The van der Waals surface area contributed by atoms with Gasteiger partial charge in [0.2, 0.25) is 0 Å². The van der Waals surface area contributed by atoms with Crippen molar-refractivity contribution in [3.05, 3.63) is 24.9 Å².